The number of hydrogen-bond acceptors (Lipinski definition) is 4. The lowest BCUT2D eigenvalue weighted by Crippen LogP contribution is -2.36. The van der Waals surface area contributed by atoms with Crippen LogP contribution in [0.25, 0.3) is 11.0 Å². The highest BCUT2D eigenvalue weighted by molar-refractivity contribution is 5.87. The Hall–Kier alpha value is -1.81. The highest BCUT2D eigenvalue weighted by Gasteiger charge is 2.19. The van der Waals surface area contributed by atoms with E-state index in [4.69, 9.17) is 9.26 Å². The standard InChI is InChI=1S/C15H18N2O2/c1-3-4-13-14(17-7-9-18-10-8-17)6-5-12-11(2)16-19-15(12)13/h3,5-6H,1,4,7-10H2,2H3. The van der Waals surface area contributed by atoms with Crippen LogP contribution in [0.4, 0.5) is 5.69 Å². The monoisotopic (exact) mass is 258 g/mol. The summed E-state index contributed by atoms with van der Waals surface area (Å²) in [5.41, 5.74) is 4.22. The predicted octanol–water partition coefficient (Wildman–Crippen LogP) is 2.70. The fourth-order valence-electron chi connectivity index (χ4n) is 2.61. The van der Waals surface area contributed by atoms with Crippen molar-refractivity contribution in [1.82, 2.24) is 5.16 Å². The predicted molar refractivity (Wildman–Crippen MR) is 75.7 cm³/mol. The zero-order chi connectivity index (χ0) is 13.2. The average molecular weight is 258 g/mol. The van der Waals surface area contributed by atoms with Crippen LogP contribution in [0.3, 0.4) is 0 Å². The number of benzene rings is 1. The molecule has 0 unspecified atom stereocenters. The van der Waals surface area contributed by atoms with Gasteiger partial charge in [-0.3, -0.25) is 0 Å². The second-order valence-electron chi connectivity index (χ2n) is 4.80. The van der Waals surface area contributed by atoms with Crippen LogP contribution in [0.2, 0.25) is 0 Å². The highest BCUT2D eigenvalue weighted by Crippen LogP contribution is 2.31. The molecule has 1 aromatic heterocycles. The van der Waals surface area contributed by atoms with E-state index in [1.165, 1.54) is 11.3 Å². The summed E-state index contributed by atoms with van der Waals surface area (Å²) >= 11 is 0. The fraction of sp³-hybridized carbons (Fsp3) is 0.400. The van der Waals surface area contributed by atoms with Crippen molar-refractivity contribution in [1.29, 1.82) is 0 Å². The number of aryl methyl sites for hydroxylation is 1. The maximum atomic E-state index is 5.51. The Morgan fingerprint density at radius 2 is 2.16 bits per heavy atom. The van der Waals surface area contributed by atoms with E-state index in [9.17, 15) is 0 Å². The third kappa shape index (κ3) is 2.12. The molecule has 0 amide bonds. The molecule has 0 spiro atoms. The first-order chi connectivity index (χ1) is 9.31. The first-order valence-electron chi connectivity index (χ1n) is 6.62. The lowest BCUT2D eigenvalue weighted by atomic mass is 10.0. The van der Waals surface area contributed by atoms with Gasteiger partial charge in [-0.2, -0.15) is 0 Å². The summed E-state index contributed by atoms with van der Waals surface area (Å²) in [6.45, 7) is 9.22. The van der Waals surface area contributed by atoms with Gasteiger partial charge in [0.15, 0.2) is 5.58 Å². The van der Waals surface area contributed by atoms with Crippen molar-refractivity contribution in [3.05, 3.63) is 36.0 Å². The van der Waals surface area contributed by atoms with E-state index in [0.717, 1.165) is 49.4 Å². The Bertz CT molecular complexity index is 597. The van der Waals surface area contributed by atoms with E-state index in [-0.39, 0.29) is 0 Å². The van der Waals surface area contributed by atoms with Gasteiger partial charge < -0.3 is 14.2 Å². The zero-order valence-corrected chi connectivity index (χ0v) is 11.2. The summed E-state index contributed by atoms with van der Waals surface area (Å²) in [7, 11) is 0. The number of aromatic nitrogens is 1. The number of hydrogen-bond donors (Lipinski definition) is 0. The first kappa shape index (κ1) is 12.2. The Labute approximate surface area is 112 Å². The number of anilines is 1. The van der Waals surface area contributed by atoms with Crippen molar-refractivity contribution >= 4 is 16.7 Å². The van der Waals surface area contributed by atoms with Crippen molar-refractivity contribution in [2.45, 2.75) is 13.3 Å². The molecule has 1 aromatic carbocycles. The second-order valence-corrected chi connectivity index (χ2v) is 4.80. The number of morpholine rings is 1. The molecule has 1 saturated heterocycles. The molecule has 4 nitrogen and oxygen atoms in total. The van der Waals surface area contributed by atoms with Crippen molar-refractivity contribution < 1.29 is 9.26 Å². The molecule has 2 aromatic rings. The number of nitrogens with zero attached hydrogens (tertiary/aromatic N) is 2. The molecule has 1 fully saturated rings. The maximum Gasteiger partial charge on any atom is 0.172 e. The van der Waals surface area contributed by atoms with Crippen LogP contribution in [-0.2, 0) is 11.2 Å². The van der Waals surface area contributed by atoms with Gasteiger partial charge in [-0.25, -0.2) is 0 Å². The van der Waals surface area contributed by atoms with Crippen LogP contribution >= 0.6 is 0 Å². The Morgan fingerprint density at radius 1 is 1.37 bits per heavy atom. The number of fused-ring (bicyclic) bond motifs is 1. The molecular weight excluding hydrogens is 240 g/mol. The molecule has 19 heavy (non-hydrogen) atoms. The Balaban J connectivity index is 2.11. The van der Waals surface area contributed by atoms with Crippen molar-refractivity contribution in [2.24, 2.45) is 0 Å². The molecule has 0 bridgehead atoms. The molecule has 1 aliphatic heterocycles. The summed E-state index contributed by atoms with van der Waals surface area (Å²) in [5.74, 6) is 0. The maximum absolute atomic E-state index is 5.51. The second kappa shape index (κ2) is 5.05. The number of allylic oxidation sites excluding steroid dienone is 1. The Kier molecular flexibility index (Phi) is 3.25. The lowest BCUT2D eigenvalue weighted by molar-refractivity contribution is 0.122. The van der Waals surface area contributed by atoms with Crippen LogP contribution < -0.4 is 4.90 Å². The van der Waals surface area contributed by atoms with Crippen molar-refractivity contribution in [2.75, 3.05) is 31.2 Å². The molecule has 3 rings (SSSR count). The minimum absolute atomic E-state index is 0.779. The van der Waals surface area contributed by atoms with Crippen LogP contribution in [0.15, 0.2) is 29.3 Å². The lowest BCUT2D eigenvalue weighted by Gasteiger charge is -2.30. The van der Waals surface area contributed by atoms with Crippen LogP contribution in [-0.4, -0.2) is 31.5 Å². The van der Waals surface area contributed by atoms with Crippen LogP contribution in [0, 0.1) is 6.92 Å². The third-order valence-electron chi connectivity index (χ3n) is 3.60. The summed E-state index contributed by atoms with van der Waals surface area (Å²) in [6, 6.07) is 4.26. The Morgan fingerprint density at radius 3 is 2.89 bits per heavy atom. The van der Waals surface area contributed by atoms with E-state index in [2.05, 4.69) is 28.8 Å². The van der Waals surface area contributed by atoms with Crippen molar-refractivity contribution in [3.63, 3.8) is 0 Å². The summed E-state index contributed by atoms with van der Waals surface area (Å²) in [5, 5.41) is 5.16. The molecule has 0 aliphatic carbocycles. The molecule has 1 aliphatic rings. The van der Waals surface area contributed by atoms with Gasteiger partial charge in [-0.15, -0.1) is 6.58 Å². The summed E-state index contributed by atoms with van der Waals surface area (Å²) in [6.07, 6.45) is 2.70. The molecule has 4 heteroatoms. The first-order valence-corrected chi connectivity index (χ1v) is 6.62. The van der Waals surface area contributed by atoms with Crippen LogP contribution in [0.1, 0.15) is 11.3 Å². The molecule has 2 heterocycles. The number of rotatable bonds is 3. The van der Waals surface area contributed by atoms with Gasteiger partial charge in [0, 0.05) is 29.7 Å². The van der Waals surface area contributed by atoms with Gasteiger partial charge in [0.05, 0.1) is 18.9 Å². The van der Waals surface area contributed by atoms with Gasteiger partial charge in [-0.05, 0) is 25.5 Å². The minimum Gasteiger partial charge on any atom is -0.378 e. The third-order valence-corrected chi connectivity index (χ3v) is 3.60. The molecule has 0 saturated carbocycles. The quantitative estimate of drug-likeness (QED) is 0.793. The smallest absolute Gasteiger partial charge is 0.172 e. The molecule has 0 radical (unpaired) electrons. The molecule has 0 atom stereocenters. The van der Waals surface area contributed by atoms with E-state index < -0.39 is 0 Å². The molecule has 0 N–H and O–H groups in total. The molecular formula is C15H18N2O2. The summed E-state index contributed by atoms with van der Waals surface area (Å²) in [4.78, 5) is 2.35. The van der Waals surface area contributed by atoms with Gasteiger partial charge in [0.1, 0.15) is 0 Å². The van der Waals surface area contributed by atoms with Gasteiger partial charge in [0.2, 0.25) is 0 Å². The van der Waals surface area contributed by atoms with Gasteiger partial charge in [0.25, 0.3) is 0 Å². The van der Waals surface area contributed by atoms with Crippen molar-refractivity contribution in [3.8, 4) is 0 Å². The SMILES string of the molecule is C=CCc1c(N2CCOCC2)ccc2c(C)noc12. The summed E-state index contributed by atoms with van der Waals surface area (Å²) < 4.78 is 10.9. The van der Waals surface area contributed by atoms with Crippen LogP contribution in [0.5, 0.6) is 0 Å². The van der Waals surface area contributed by atoms with E-state index in [1.54, 1.807) is 0 Å². The highest BCUT2D eigenvalue weighted by atomic mass is 16.5. The van der Waals surface area contributed by atoms with E-state index >= 15 is 0 Å². The zero-order valence-electron chi connectivity index (χ0n) is 11.2. The largest absolute Gasteiger partial charge is 0.378 e. The van der Waals surface area contributed by atoms with Gasteiger partial charge in [-0.1, -0.05) is 11.2 Å². The number of ether oxygens (including phenoxy) is 1. The normalized spacial score (nSPS) is 15.9. The minimum atomic E-state index is 0.779. The average Bonchev–Trinajstić information content (AvgIpc) is 2.83. The van der Waals surface area contributed by atoms with Gasteiger partial charge >= 0.3 is 0 Å². The fourth-order valence-corrected chi connectivity index (χ4v) is 2.61. The molecule has 100 valence electrons. The van der Waals surface area contributed by atoms with E-state index in [0.29, 0.717) is 0 Å². The van der Waals surface area contributed by atoms with E-state index in [1.807, 2.05) is 13.0 Å². The topological polar surface area (TPSA) is 38.5 Å².